The zero-order chi connectivity index (χ0) is 10.7. The van der Waals surface area contributed by atoms with Gasteiger partial charge in [0.2, 0.25) is 0 Å². The molecule has 0 spiro atoms. The van der Waals surface area contributed by atoms with Crippen molar-refractivity contribution < 1.29 is 5.11 Å². The lowest BCUT2D eigenvalue weighted by Gasteiger charge is -2.36. The third-order valence-corrected chi connectivity index (χ3v) is 3.55. The van der Waals surface area contributed by atoms with Crippen LogP contribution in [0.5, 0.6) is 0 Å². The smallest absolute Gasteiger partial charge is 0.0545 e. The van der Waals surface area contributed by atoms with Crippen molar-refractivity contribution >= 4 is 0 Å². The first kappa shape index (κ1) is 11.8. The summed E-state index contributed by atoms with van der Waals surface area (Å²) in [4.78, 5) is 0. The number of hydrogen-bond donors (Lipinski definition) is 1. The van der Waals surface area contributed by atoms with Gasteiger partial charge >= 0.3 is 0 Å². The maximum Gasteiger partial charge on any atom is 0.0545 e. The number of hydrogen-bond acceptors (Lipinski definition) is 1. The Morgan fingerprint density at radius 3 is 2.14 bits per heavy atom. The van der Waals surface area contributed by atoms with Crippen molar-refractivity contribution in [3.8, 4) is 0 Å². The number of rotatable bonds is 2. The van der Waals surface area contributed by atoms with Gasteiger partial charge in [-0.15, -0.1) is 0 Å². The summed E-state index contributed by atoms with van der Waals surface area (Å²) in [5.74, 6) is 2.11. The van der Waals surface area contributed by atoms with Crippen LogP contribution in [-0.4, -0.2) is 11.2 Å². The van der Waals surface area contributed by atoms with Gasteiger partial charge in [0, 0.05) is 0 Å². The molecule has 2 unspecified atom stereocenters. The molecule has 1 saturated carbocycles. The molecule has 2 atom stereocenters. The normalized spacial score (nSPS) is 38.1. The fourth-order valence-electron chi connectivity index (χ4n) is 2.70. The average molecular weight is 196 g/mol. The van der Waals surface area contributed by atoms with Gasteiger partial charge in [-0.3, -0.25) is 0 Å². The highest BCUT2D eigenvalue weighted by atomic mass is 16.3. The van der Waals surface area contributed by atoms with E-state index in [1.54, 1.807) is 0 Å². The van der Waals surface area contributed by atoms with Crippen LogP contribution in [0.2, 0.25) is 0 Å². The van der Waals surface area contributed by atoms with Crippen molar-refractivity contribution in [2.75, 3.05) is 0 Å². The van der Waals surface area contributed by atoms with Crippen molar-refractivity contribution in [2.45, 2.75) is 53.1 Å². The molecule has 0 amide bonds. The summed E-state index contributed by atoms with van der Waals surface area (Å²) in [5, 5.41) is 9.63. The molecule has 1 heteroatoms. The topological polar surface area (TPSA) is 20.2 Å². The zero-order valence-corrected chi connectivity index (χ0v) is 9.96. The third-order valence-electron chi connectivity index (χ3n) is 3.55. The molecule has 1 nitrogen and oxygen atoms in total. The van der Waals surface area contributed by atoms with E-state index >= 15 is 0 Å². The maximum absolute atomic E-state index is 9.63. The van der Waals surface area contributed by atoms with Crippen LogP contribution in [0, 0.1) is 17.8 Å². The standard InChI is InChI=1S/C13H24O/c1-9(2)5-6-13-10(3)7-12(14)8-11(13)4/h5,10-14H,6-8H2,1-4H3. The molecule has 0 saturated heterocycles. The Kier molecular flexibility index (Phi) is 4.18. The molecule has 1 fully saturated rings. The summed E-state index contributed by atoms with van der Waals surface area (Å²) in [7, 11) is 0. The Balaban J connectivity index is 2.54. The molecule has 0 aromatic heterocycles. The molecule has 1 aliphatic carbocycles. The third kappa shape index (κ3) is 3.13. The van der Waals surface area contributed by atoms with Gasteiger partial charge in [0.1, 0.15) is 0 Å². The second kappa shape index (κ2) is 4.97. The summed E-state index contributed by atoms with van der Waals surface area (Å²) in [5.41, 5.74) is 1.41. The molecule has 1 rings (SSSR count). The van der Waals surface area contributed by atoms with Gasteiger partial charge in [-0.25, -0.2) is 0 Å². The lowest BCUT2D eigenvalue weighted by molar-refractivity contribution is 0.0409. The molecule has 1 N–H and O–H groups in total. The van der Waals surface area contributed by atoms with E-state index in [1.165, 1.54) is 12.0 Å². The van der Waals surface area contributed by atoms with Crippen molar-refractivity contribution in [3.63, 3.8) is 0 Å². The zero-order valence-electron chi connectivity index (χ0n) is 9.96. The van der Waals surface area contributed by atoms with Crippen molar-refractivity contribution in [2.24, 2.45) is 17.8 Å². The fourth-order valence-corrected chi connectivity index (χ4v) is 2.70. The van der Waals surface area contributed by atoms with Crippen LogP contribution in [0.1, 0.15) is 47.0 Å². The number of allylic oxidation sites excluding steroid dienone is 2. The summed E-state index contributed by atoms with van der Waals surface area (Å²) in [6, 6.07) is 0. The van der Waals surface area contributed by atoms with Crippen LogP contribution in [0.25, 0.3) is 0 Å². The quantitative estimate of drug-likeness (QED) is 0.671. The molecule has 0 bridgehead atoms. The van der Waals surface area contributed by atoms with Crippen molar-refractivity contribution in [1.82, 2.24) is 0 Å². The van der Waals surface area contributed by atoms with E-state index in [1.807, 2.05) is 0 Å². The number of aliphatic hydroxyl groups excluding tert-OH is 1. The van der Waals surface area contributed by atoms with Crippen LogP contribution in [0.3, 0.4) is 0 Å². The van der Waals surface area contributed by atoms with Crippen molar-refractivity contribution in [1.29, 1.82) is 0 Å². The molecule has 0 heterocycles. The summed E-state index contributed by atoms with van der Waals surface area (Å²) >= 11 is 0. The van der Waals surface area contributed by atoms with E-state index in [-0.39, 0.29) is 6.10 Å². The van der Waals surface area contributed by atoms with Crippen LogP contribution < -0.4 is 0 Å². The molecule has 1 aliphatic rings. The first-order valence-corrected chi connectivity index (χ1v) is 5.82. The molecular formula is C13H24O. The molecule has 0 radical (unpaired) electrons. The first-order valence-electron chi connectivity index (χ1n) is 5.82. The highest BCUT2D eigenvalue weighted by Crippen LogP contribution is 2.37. The summed E-state index contributed by atoms with van der Waals surface area (Å²) in [6.45, 7) is 8.88. The largest absolute Gasteiger partial charge is 0.393 e. The van der Waals surface area contributed by atoms with E-state index in [4.69, 9.17) is 0 Å². The molecule has 0 aromatic carbocycles. The SMILES string of the molecule is CC(C)=CCC1C(C)CC(O)CC1C. The van der Waals surface area contributed by atoms with Gasteiger partial charge < -0.3 is 5.11 Å². The molecule has 82 valence electrons. The summed E-state index contributed by atoms with van der Waals surface area (Å²) < 4.78 is 0. The van der Waals surface area contributed by atoms with E-state index in [2.05, 4.69) is 33.8 Å². The Hall–Kier alpha value is -0.300. The van der Waals surface area contributed by atoms with Crippen molar-refractivity contribution in [3.05, 3.63) is 11.6 Å². The van der Waals surface area contributed by atoms with Crippen LogP contribution >= 0.6 is 0 Å². The van der Waals surface area contributed by atoms with Gasteiger partial charge in [-0.2, -0.15) is 0 Å². The highest BCUT2D eigenvalue weighted by Gasteiger charge is 2.31. The number of aliphatic hydroxyl groups is 1. The summed E-state index contributed by atoms with van der Waals surface area (Å²) in [6.07, 6.45) is 5.47. The van der Waals surface area contributed by atoms with Crippen LogP contribution in [-0.2, 0) is 0 Å². The Morgan fingerprint density at radius 2 is 1.71 bits per heavy atom. The second-order valence-electron chi connectivity index (χ2n) is 5.26. The monoisotopic (exact) mass is 196 g/mol. The molecular weight excluding hydrogens is 172 g/mol. The van der Waals surface area contributed by atoms with Crippen LogP contribution in [0.15, 0.2) is 11.6 Å². The Labute approximate surface area is 88.2 Å². The Bertz CT molecular complexity index is 191. The van der Waals surface area contributed by atoms with E-state index in [0.29, 0.717) is 11.8 Å². The minimum atomic E-state index is -0.0528. The predicted molar refractivity (Wildman–Crippen MR) is 61.1 cm³/mol. The first-order chi connectivity index (χ1) is 6.50. The maximum atomic E-state index is 9.63. The van der Waals surface area contributed by atoms with E-state index < -0.39 is 0 Å². The minimum absolute atomic E-state index is 0.0528. The lowest BCUT2D eigenvalue weighted by Crippen LogP contribution is -2.32. The van der Waals surface area contributed by atoms with Gasteiger partial charge in [0.15, 0.2) is 0 Å². The average Bonchev–Trinajstić information content (AvgIpc) is 2.01. The van der Waals surface area contributed by atoms with Gasteiger partial charge in [0.25, 0.3) is 0 Å². The van der Waals surface area contributed by atoms with E-state index in [9.17, 15) is 5.11 Å². The fraction of sp³-hybridized carbons (Fsp3) is 0.846. The molecule has 0 aromatic rings. The second-order valence-corrected chi connectivity index (χ2v) is 5.26. The minimum Gasteiger partial charge on any atom is -0.393 e. The van der Waals surface area contributed by atoms with Gasteiger partial charge in [-0.1, -0.05) is 25.5 Å². The molecule has 0 aliphatic heterocycles. The van der Waals surface area contributed by atoms with Gasteiger partial charge in [0.05, 0.1) is 6.10 Å². The Morgan fingerprint density at radius 1 is 1.21 bits per heavy atom. The van der Waals surface area contributed by atoms with Gasteiger partial charge in [-0.05, 0) is 50.9 Å². The van der Waals surface area contributed by atoms with E-state index in [0.717, 1.165) is 18.8 Å². The molecule has 14 heavy (non-hydrogen) atoms. The highest BCUT2D eigenvalue weighted by molar-refractivity contribution is 4.96. The predicted octanol–water partition coefficient (Wildman–Crippen LogP) is 3.39. The van der Waals surface area contributed by atoms with Crippen LogP contribution in [0.4, 0.5) is 0 Å². The lowest BCUT2D eigenvalue weighted by atomic mass is 9.71.